The minimum Gasteiger partial charge on any atom is -0.430 e. The van der Waals surface area contributed by atoms with Crippen LogP contribution in [0.5, 0.6) is 10.9 Å². The molecule has 0 unspecified atom stereocenters. The molecule has 30 heavy (non-hydrogen) atoms. The molecule has 0 saturated carbocycles. The quantitative estimate of drug-likeness (QED) is 0.519. The maximum atomic E-state index is 6.05. The lowest BCUT2D eigenvalue weighted by Crippen LogP contribution is -2.20. The molecule has 0 aliphatic carbocycles. The van der Waals surface area contributed by atoms with Gasteiger partial charge in [0.25, 0.3) is 5.19 Å². The van der Waals surface area contributed by atoms with E-state index in [9.17, 15) is 0 Å². The fourth-order valence-corrected chi connectivity index (χ4v) is 3.51. The Morgan fingerprint density at radius 3 is 2.37 bits per heavy atom. The normalized spacial score (nSPS) is 11.9. The second-order valence-electron chi connectivity index (χ2n) is 8.72. The molecule has 0 aliphatic heterocycles. The lowest BCUT2D eigenvalue weighted by atomic mass is 9.89. The van der Waals surface area contributed by atoms with Gasteiger partial charge in [0.05, 0.1) is 0 Å². The van der Waals surface area contributed by atoms with Gasteiger partial charge >= 0.3 is 0 Å². The smallest absolute Gasteiger partial charge is 0.299 e. The summed E-state index contributed by atoms with van der Waals surface area (Å²) < 4.78 is 10.4. The summed E-state index contributed by atoms with van der Waals surface area (Å²) in [5.74, 6) is 1.81. The SMILES string of the molecule is CCN(C)CCc1cc(C)c(Oc2nc(-c3ncc(C(C)(C)C)cn3)ns2)cc1C. The van der Waals surface area contributed by atoms with E-state index in [2.05, 4.69) is 84.9 Å². The van der Waals surface area contributed by atoms with E-state index in [1.165, 1.54) is 22.7 Å². The fraction of sp³-hybridized carbons (Fsp3) is 0.478. The monoisotopic (exact) mass is 425 g/mol. The van der Waals surface area contributed by atoms with Crippen LogP contribution < -0.4 is 4.74 Å². The lowest BCUT2D eigenvalue weighted by molar-refractivity contribution is 0.357. The molecule has 0 aliphatic rings. The zero-order valence-electron chi connectivity index (χ0n) is 19.0. The minimum atomic E-state index is 0.00973. The van der Waals surface area contributed by atoms with Crippen LogP contribution in [0.3, 0.4) is 0 Å². The van der Waals surface area contributed by atoms with E-state index in [0.717, 1.165) is 36.4 Å². The average molecular weight is 426 g/mol. The highest BCUT2D eigenvalue weighted by Gasteiger charge is 2.17. The molecule has 3 rings (SSSR count). The summed E-state index contributed by atoms with van der Waals surface area (Å²) in [5.41, 5.74) is 4.76. The van der Waals surface area contributed by atoms with Crippen molar-refractivity contribution < 1.29 is 4.74 Å². The summed E-state index contributed by atoms with van der Waals surface area (Å²) in [6.07, 6.45) is 4.71. The van der Waals surface area contributed by atoms with Crippen LogP contribution in [0.2, 0.25) is 0 Å². The number of ether oxygens (including phenoxy) is 1. The number of hydrogen-bond acceptors (Lipinski definition) is 7. The van der Waals surface area contributed by atoms with Crippen LogP contribution in [0.15, 0.2) is 24.5 Å². The van der Waals surface area contributed by atoms with Gasteiger partial charge in [0.15, 0.2) is 5.82 Å². The van der Waals surface area contributed by atoms with Crippen LogP contribution in [0.1, 0.15) is 49.9 Å². The van der Waals surface area contributed by atoms with Crippen molar-refractivity contribution in [2.45, 2.75) is 53.4 Å². The standard InChI is InChI=1S/C23H31N5OS/c1-8-28(7)10-9-17-11-16(3)19(12-15(17)2)29-22-26-21(27-30-22)20-24-13-18(14-25-20)23(4,5)6/h11-14H,8-10H2,1-7H3. The third-order valence-electron chi connectivity index (χ3n) is 5.26. The van der Waals surface area contributed by atoms with Crippen LogP contribution in [-0.4, -0.2) is 44.4 Å². The van der Waals surface area contributed by atoms with Crippen LogP contribution in [0, 0.1) is 13.8 Å². The molecule has 6 nitrogen and oxygen atoms in total. The zero-order valence-corrected chi connectivity index (χ0v) is 19.8. The van der Waals surface area contributed by atoms with Crippen LogP contribution in [-0.2, 0) is 11.8 Å². The number of hydrogen-bond donors (Lipinski definition) is 0. The molecule has 0 bridgehead atoms. The Hall–Kier alpha value is -2.38. The number of rotatable bonds is 7. The van der Waals surface area contributed by atoms with Crippen molar-refractivity contribution in [3.8, 4) is 22.6 Å². The van der Waals surface area contributed by atoms with Gasteiger partial charge < -0.3 is 9.64 Å². The first-order valence-corrected chi connectivity index (χ1v) is 11.1. The molecular weight excluding hydrogens is 394 g/mol. The molecular formula is C23H31N5OS. The lowest BCUT2D eigenvalue weighted by Gasteiger charge is -2.17. The molecule has 2 heterocycles. The highest BCUT2D eigenvalue weighted by molar-refractivity contribution is 7.07. The number of likely N-dealkylation sites (N-methyl/N-ethyl adjacent to an activating group) is 1. The molecule has 0 N–H and O–H groups in total. The Kier molecular flexibility index (Phi) is 6.83. The Labute approximate surface area is 183 Å². The maximum absolute atomic E-state index is 6.05. The van der Waals surface area contributed by atoms with E-state index in [4.69, 9.17) is 4.74 Å². The van der Waals surface area contributed by atoms with Crippen molar-refractivity contribution >= 4 is 11.5 Å². The largest absolute Gasteiger partial charge is 0.430 e. The molecule has 2 aromatic heterocycles. The predicted octanol–water partition coefficient (Wildman–Crippen LogP) is 5.20. The second kappa shape index (κ2) is 9.18. The van der Waals surface area contributed by atoms with E-state index in [1.54, 1.807) is 0 Å². The summed E-state index contributed by atoms with van der Waals surface area (Å²) in [7, 11) is 2.15. The van der Waals surface area contributed by atoms with Crippen molar-refractivity contribution in [1.82, 2.24) is 24.2 Å². The van der Waals surface area contributed by atoms with E-state index in [1.807, 2.05) is 12.4 Å². The zero-order chi connectivity index (χ0) is 21.9. The third kappa shape index (κ3) is 5.40. The van der Waals surface area contributed by atoms with E-state index < -0.39 is 0 Å². The summed E-state index contributed by atoms with van der Waals surface area (Å²) in [4.78, 5) is 15.7. The van der Waals surface area contributed by atoms with E-state index in [-0.39, 0.29) is 5.41 Å². The Morgan fingerprint density at radius 1 is 1.03 bits per heavy atom. The van der Waals surface area contributed by atoms with E-state index >= 15 is 0 Å². The van der Waals surface area contributed by atoms with Gasteiger partial charge in [0.1, 0.15) is 5.75 Å². The van der Waals surface area contributed by atoms with Gasteiger partial charge in [-0.2, -0.15) is 9.36 Å². The van der Waals surface area contributed by atoms with Gasteiger partial charge in [-0.15, -0.1) is 0 Å². The molecule has 0 atom stereocenters. The first kappa shape index (κ1) is 22.3. The van der Waals surface area contributed by atoms with Crippen molar-refractivity contribution in [1.29, 1.82) is 0 Å². The molecule has 0 amide bonds. The van der Waals surface area contributed by atoms with Gasteiger partial charge in [-0.05, 0) is 67.6 Å². The minimum absolute atomic E-state index is 0.00973. The highest BCUT2D eigenvalue weighted by Crippen LogP contribution is 2.31. The van der Waals surface area contributed by atoms with Gasteiger partial charge in [-0.25, -0.2) is 9.97 Å². The Bertz CT molecular complexity index is 992. The van der Waals surface area contributed by atoms with Crippen LogP contribution in [0.4, 0.5) is 0 Å². The van der Waals surface area contributed by atoms with Crippen molar-refractivity contribution in [3.63, 3.8) is 0 Å². The number of aromatic nitrogens is 4. The van der Waals surface area contributed by atoms with Gasteiger partial charge in [-0.3, -0.25) is 0 Å². The summed E-state index contributed by atoms with van der Waals surface area (Å²) in [6.45, 7) is 14.9. The average Bonchev–Trinajstić information content (AvgIpc) is 3.17. The van der Waals surface area contributed by atoms with Crippen LogP contribution in [0.25, 0.3) is 11.6 Å². The Balaban J connectivity index is 1.73. The summed E-state index contributed by atoms with van der Waals surface area (Å²) in [6, 6.07) is 4.30. The molecule has 0 fully saturated rings. The fourth-order valence-electron chi connectivity index (χ4n) is 2.96. The molecule has 0 radical (unpaired) electrons. The van der Waals surface area contributed by atoms with Gasteiger partial charge in [0, 0.05) is 30.5 Å². The second-order valence-corrected chi connectivity index (χ2v) is 9.44. The predicted molar refractivity (Wildman–Crippen MR) is 123 cm³/mol. The molecule has 0 saturated heterocycles. The van der Waals surface area contributed by atoms with E-state index in [0.29, 0.717) is 16.8 Å². The first-order chi connectivity index (χ1) is 14.2. The van der Waals surface area contributed by atoms with Crippen molar-refractivity contribution in [3.05, 3.63) is 46.8 Å². The third-order valence-corrected chi connectivity index (χ3v) is 5.85. The summed E-state index contributed by atoms with van der Waals surface area (Å²) in [5, 5.41) is 0.495. The molecule has 3 aromatic rings. The Morgan fingerprint density at radius 2 is 1.73 bits per heavy atom. The maximum Gasteiger partial charge on any atom is 0.299 e. The summed E-state index contributed by atoms with van der Waals surface area (Å²) >= 11 is 1.21. The first-order valence-electron chi connectivity index (χ1n) is 10.3. The molecule has 160 valence electrons. The van der Waals surface area contributed by atoms with Crippen molar-refractivity contribution in [2.75, 3.05) is 20.1 Å². The molecule has 7 heteroatoms. The van der Waals surface area contributed by atoms with Gasteiger partial charge in [-0.1, -0.05) is 33.8 Å². The highest BCUT2D eigenvalue weighted by atomic mass is 32.1. The topological polar surface area (TPSA) is 64.0 Å². The van der Waals surface area contributed by atoms with Crippen LogP contribution >= 0.6 is 11.5 Å². The number of benzene rings is 1. The van der Waals surface area contributed by atoms with Crippen molar-refractivity contribution in [2.24, 2.45) is 0 Å². The molecule has 1 aromatic carbocycles. The number of nitrogens with zero attached hydrogens (tertiary/aromatic N) is 5. The number of aryl methyl sites for hydroxylation is 2. The molecule has 0 spiro atoms. The van der Waals surface area contributed by atoms with Gasteiger partial charge in [0.2, 0.25) is 5.82 Å².